The van der Waals surface area contributed by atoms with Gasteiger partial charge in [-0.3, -0.25) is 19.7 Å². The number of nitrogens with one attached hydrogen (secondary N) is 1. The number of pyridine rings is 1. The first-order valence-corrected chi connectivity index (χ1v) is 9.76. The fraction of sp³-hybridized carbons (Fsp3) is 0.217. The summed E-state index contributed by atoms with van der Waals surface area (Å²) in [5.74, 6) is -0.0896. The Morgan fingerprint density at radius 2 is 1.93 bits per heavy atom. The Hall–Kier alpha value is -3.74. The molecular formula is C23H19N3O4. The van der Waals surface area contributed by atoms with Crippen LogP contribution in [0.3, 0.4) is 0 Å². The van der Waals surface area contributed by atoms with Gasteiger partial charge in [-0.15, -0.1) is 0 Å². The van der Waals surface area contributed by atoms with Gasteiger partial charge < -0.3 is 9.64 Å². The molecular weight excluding hydrogens is 382 g/mol. The number of rotatable bonds is 3. The first-order chi connectivity index (χ1) is 14.5. The molecule has 1 fully saturated rings. The number of ether oxygens (including phenoxy) is 1. The second-order valence-corrected chi connectivity index (χ2v) is 7.53. The van der Waals surface area contributed by atoms with Crippen molar-refractivity contribution in [2.24, 2.45) is 0 Å². The Morgan fingerprint density at radius 1 is 1.07 bits per heavy atom. The number of amides is 3. The Morgan fingerprint density at radius 3 is 2.73 bits per heavy atom. The molecule has 1 N–H and O–H groups in total. The largest absolute Gasteiger partial charge is 0.497 e. The quantitative estimate of drug-likeness (QED) is 0.682. The van der Waals surface area contributed by atoms with Crippen LogP contribution in [0.2, 0.25) is 0 Å². The minimum atomic E-state index is -0.611. The van der Waals surface area contributed by atoms with Gasteiger partial charge in [0.1, 0.15) is 11.8 Å². The molecule has 0 bridgehead atoms. The molecule has 150 valence electrons. The van der Waals surface area contributed by atoms with E-state index in [9.17, 15) is 14.4 Å². The van der Waals surface area contributed by atoms with Crippen LogP contribution in [0.1, 0.15) is 28.8 Å². The molecule has 3 aromatic rings. The molecule has 7 nitrogen and oxygen atoms in total. The summed E-state index contributed by atoms with van der Waals surface area (Å²) in [6.07, 6.45) is 0.598. The smallest absolute Gasteiger partial charge is 0.255 e. The maximum absolute atomic E-state index is 12.8. The van der Waals surface area contributed by atoms with Gasteiger partial charge in [-0.25, -0.2) is 4.98 Å². The summed E-state index contributed by atoms with van der Waals surface area (Å²) >= 11 is 0. The van der Waals surface area contributed by atoms with E-state index in [0.29, 0.717) is 18.5 Å². The summed E-state index contributed by atoms with van der Waals surface area (Å²) in [5.41, 5.74) is 4.02. The predicted molar refractivity (Wildman–Crippen MR) is 110 cm³/mol. The molecule has 1 atom stereocenters. The second-order valence-electron chi connectivity index (χ2n) is 7.53. The molecule has 2 aliphatic heterocycles. The highest BCUT2D eigenvalue weighted by molar-refractivity contribution is 6.05. The summed E-state index contributed by atoms with van der Waals surface area (Å²) in [7, 11) is 1.63. The first kappa shape index (κ1) is 18.3. The van der Waals surface area contributed by atoms with E-state index < -0.39 is 11.9 Å². The number of aromatic nitrogens is 1. The van der Waals surface area contributed by atoms with Gasteiger partial charge in [0, 0.05) is 29.5 Å². The standard InChI is InChI=1S/C23H19N3O4/c1-30-16-4-7-19-14(11-16)3-6-18(24-19)13-2-5-17-15(10-13)12-26(23(17)29)20-8-9-21(27)25-22(20)28/h2-7,10-11,20H,8-9,12H2,1H3,(H,25,27,28). The summed E-state index contributed by atoms with van der Waals surface area (Å²) in [4.78, 5) is 42.7. The van der Waals surface area contributed by atoms with Crippen LogP contribution in [0, 0.1) is 0 Å². The number of piperidine rings is 1. The number of imide groups is 1. The van der Waals surface area contributed by atoms with Crippen LogP contribution in [0.4, 0.5) is 0 Å². The predicted octanol–water partition coefficient (Wildman–Crippen LogP) is 2.67. The fourth-order valence-corrected chi connectivity index (χ4v) is 4.13. The number of fused-ring (bicyclic) bond motifs is 2. The molecule has 3 amide bonds. The number of carbonyl (C=O) groups is 3. The average Bonchev–Trinajstić information content (AvgIpc) is 3.08. The first-order valence-electron chi connectivity index (χ1n) is 9.76. The van der Waals surface area contributed by atoms with Crippen molar-refractivity contribution in [1.82, 2.24) is 15.2 Å². The number of carbonyl (C=O) groups excluding carboxylic acids is 3. The van der Waals surface area contributed by atoms with Crippen molar-refractivity contribution in [2.45, 2.75) is 25.4 Å². The topological polar surface area (TPSA) is 88.6 Å². The van der Waals surface area contributed by atoms with Gasteiger partial charge in [-0.2, -0.15) is 0 Å². The molecule has 0 radical (unpaired) electrons. The van der Waals surface area contributed by atoms with E-state index in [4.69, 9.17) is 9.72 Å². The Kier molecular flexibility index (Phi) is 4.24. The number of hydrogen-bond acceptors (Lipinski definition) is 5. The van der Waals surface area contributed by atoms with Crippen LogP contribution in [0.15, 0.2) is 48.5 Å². The van der Waals surface area contributed by atoms with Crippen molar-refractivity contribution in [2.75, 3.05) is 7.11 Å². The van der Waals surface area contributed by atoms with E-state index in [1.165, 1.54) is 0 Å². The summed E-state index contributed by atoms with van der Waals surface area (Å²) in [6.45, 7) is 0.346. The fourth-order valence-electron chi connectivity index (χ4n) is 4.13. The molecule has 0 aliphatic carbocycles. The number of hydrogen-bond donors (Lipinski definition) is 1. The molecule has 5 rings (SSSR count). The third kappa shape index (κ3) is 2.99. The number of methoxy groups -OCH3 is 1. The van der Waals surface area contributed by atoms with Crippen LogP contribution in [0.5, 0.6) is 5.75 Å². The van der Waals surface area contributed by atoms with Gasteiger partial charge in [0.25, 0.3) is 5.91 Å². The Bertz CT molecular complexity index is 1220. The maximum Gasteiger partial charge on any atom is 0.255 e. The lowest BCUT2D eigenvalue weighted by Gasteiger charge is -2.29. The van der Waals surface area contributed by atoms with E-state index in [2.05, 4.69) is 5.32 Å². The zero-order chi connectivity index (χ0) is 20.8. The minimum absolute atomic E-state index is 0.176. The van der Waals surface area contributed by atoms with Gasteiger partial charge >= 0.3 is 0 Å². The lowest BCUT2D eigenvalue weighted by Crippen LogP contribution is -2.52. The Labute approximate surface area is 172 Å². The van der Waals surface area contributed by atoms with Gasteiger partial charge in [0.05, 0.1) is 18.3 Å². The van der Waals surface area contributed by atoms with Crippen LogP contribution in [-0.4, -0.2) is 40.8 Å². The third-order valence-corrected chi connectivity index (χ3v) is 5.72. The van der Waals surface area contributed by atoms with E-state index >= 15 is 0 Å². The monoisotopic (exact) mass is 401 g/mol. The number of nitrogens with zero attached hydrogens (tertiary/aromatic N) is 2. The molecule has 7 heteroatoms. The normalized spacial score (nSPS) is 18.5. The van der Waals surface area contributed by atoms with E-state index in [0.717, 1.165) is 33.5 Å². The molecule has 0 spiro atoms. The molecule has 1 unspecified atom stereocenters. The SMILES string of the molecule is COc1ccc2nc(-c3ccc4c(c3)CN(C3CCC(=O)NC3=O)C4=O)ccc2c1. The Balaban J connectivity index is 1.45. The van der Waals surface area contributed by atoms with Crippen LogP contribution in [0.25, 0.3) is 22.2 Å². The second kappa shape index (κ2) is 6.95. The molecule has 2 aromatic carbocycles. The van der Waals surface area contributed by atoms with Crippen molar-refractivity contribution >= 4 is 28.6 Å². The van der Waals surface area contributed by atoms with Gasteiger partial charge in [0.2, 0.25) is 11.8 Å². The molecule has 0 saturated carbocycles. The highest BCUT2D eigenvalue weighted by Crippen LogP contribution is 2.31. The molecule has 1 aromatic heterocycles. The lowest BCUT2D eigenvalue weighted by atomic mass is 10.0. The van der Waals surface area contributed by atoms with E-state index in [1.807, 2.05) is 42.5 Å². The third-order valence-electron chi connectivity index (χ3n) is 5.72. The van der Waals surface area contributed by atoms with Crippen molar-refractivity contribution in [3.63, 3.8) is 0 Å². The molecule has 3 heterocycles. The lowest BCUT2D eigenvalue weighted by molar-refractivity contribution is -0.136. The van der Waals surface area contributed by atoms with Crippen molar-refractivity contribution in [3.05, 3.63) is 59.7 Å². The minimum Gasteiger partial charge on any atom is -0.497 e. The van der Waals surface area contributed by atoms with E-state index in [-0.39, 0.29) is 18.2 Å². The molecule has 1 saturated heterocycles. The molecule has 30 heavy (non-hydrogen) atoms. The van der Waals surface area contributed by atoms with Gasteiger partial charge in [-0.05, 0) is 48.4 Å². The maximum atomic E-state index is 12.8. The summed E-state index contributed by atoms with van der Waals surface area (Å²) < 4.78 is 5.26. The van der Waals surface area contributed by atoms with E-state index in [1.54, 1.807) is 18.1 Å². The van der Waals surface area contributed by atoms with Gasteiger partial charge in [0.15, 0.2) is 0 Å². The van der Waals surface area contributed by atoms with Crippen molar-refractivity contribution in [3.8, 4) is 17.0 Å². The molecule has 2 aliphatic rings. The van der Waals surface area contributed by atoms with Crippen LogP contribution in [-0.2, 0) is 16.1 Å². The number of benzene rings is 2. The summed E-state index contributed by atoms with van der Waals surface area (Å²) in [6, 6.07) is 14.7. The highest BCUT2D eigenvalue weighted by atomic mass is 16.5. The van der Waals surface area contributed by atoms with Crippen molar-refractivity contribution < 1.29 is 19.1 Å². The van der Waals surface area contributed by atoms with Crippen LogP contribution >= 0.6 is 0 Å². The average molecular weight is 401 g/mol. The zero-order valence-electron chi connectivity index (χ0n) is 16.3. The zero-order valence-corrected chi connectivity index (χ0v) is 16.3. The van der Waals surface area contributed by atoms with Crippen LogP contribution < -0.4 is 10.1 Å². The highest BCUT2D eigenvalue weighted by Gasteiger charge is 2.39. The van der Waals surface area contributed by atoms with Crippen molar-refractivity contribution in [1.29, 1.82) is 0 Å². The van der Waals surface area contributed by atoms with Gasteiger partial charge in [-0.1, -0.05) is 12.1 Å². The summed E-state index contributed by atoms with van der Waals surface area (Å²) in [5, 5.41) is 3.31.